The van der Waals surface area contributed by atoms with Gasteiger partial charge in [0.25, 0.3) is 0 Å². The minimum absolute atomic E-state index is 0.349. The fourth-order valence-electron chi connectivity index (χ4n) is 4.99. The molecule has 0 saturated carbocycles. The van der Waals surface area contributed by atoms with E-state index in [-0.39, 0.29) is 5.41 Å². The van der Waals surface area contributed by atoms with Gasteiger partial charge in [-0.3, -0.25) is 0 Å². The summed E-state index contributed by atoms with van der Waals surface area (Å²) in [5, 5.41) is 10.7. The summed E-state index contributed by atoms with van der Waals surface area (Å²) < 4.78 is 0. The van der Waals surface area contributed by atoms with Crippen molar-refractivity contribution in [1.29, 1.82) is 0 Å². The number of rotatable bonds is 8. The molecule has 0 unspecified atom stereocenters. The van der Waals surface area contributed by atoms with Gasteiger partial charge >= 0.3 is 208 Å². The first-order chi connectivity index (χ1) is 15.3. The molecule has 0 amide bonds. The molecule has 176 valence electrons. The molecule has 0 aliphatic rings. The molecule has 0 radical (unpaired) electrons. The third-order valence-corrected chi connectivity index (χ3v) is 18.3. The zero-order chi connectivity index (χ0) is 24.6. The molecule has 3 rings (SSSR count). The van der Waals surface area contributed by atoms with Crippen LogP contribution in [-0.4, -0.2) is 17.2 Å². The third-order valence-electron chi connectivity index (χ3n) is 8.36. The van der Waals surface area contributed by atoms with Crippen LogP contribution < -0.4 is 15.9 Å². The molecule has 0 aliphatic heterocycles. The Morgan fingerprint density at radius 3 is 1.27 bits per heavy atom. The molecule has 3 aromatic carbocycles. The molecular weight excluding hydrogens is 491 g/mol. The molecule has 0 heterocycles. The second kappa shape index (κ2) is 8.67. The van der Waals surface area contributed by atoms with E-state index in [1.54, 1.807) is 0 Å². The minimum atomic E-state index is -3.19. The Kier molecular flexibility index (Phi) is 6.75. The van der Waals surface area contributed by atoms with Gasteiger partial charge in [0.15, 0.2) is 0 Å². The van der Waals surface area contributed by atoms with Gasteiger partial charge in [0, 0.05) is 0 Å². The van der Waals surface area contributed by atoms with Crippen molar-refractivity contribution in [2.45, 2.75) is 41.5 Å². The number of carboxylic acid groups (broad SMARTS) is 1. The van der Waals surface area contributed by atoms with Gasteiger partial charge in [-0.25, -0.2) is 0 Å². The Balaban J connectivity index is 2.42. The number of carbonyl (C=O) groups is 1. The quantitative estimate of drug-likeness (QED) is 0.321. The number of hydrogen-bond donors (Lipinski definition) is 1. The maximum atomic E-state index is 12.4. The van der Waals surface area contributed by atoms with Crippen LogP contribution in [0.5, 0.6) is 0 Å². The molecule has 0 aliphatic carbocycles. The normalized spacial score (nSPS) is 14.3. The van der Waals surface area contributed by atoms with Crippen molar-refractivity contribution >= 4 is 42.7 Å². The predicted molar refractivity (Wildman–Crippen MR) is 148 cm³/mol. The van der Waals surface area contributed by atoms with Crippen LogP contribution in [-0.2, 0) is 4.79 Å². The Labute approximate surface area is 207 Å². The van der Waals surface area contributed by atoms with Gasteiger partial charge in [-0.15, -0.1) is 0 Å². The SMILES string of the molecule is CC(C)(CP(Br)(c1ccccc1)(c1ccccc1)c1ccccc1)C(C)(C)C(C)(C)C(=O)O. The van der Waals surface area contributed by atoms with Crippen LogP contribution in [0.3, 0.4) is 0 Å². The molecule has 0 aromatic heterocycles. The Morgan fingerprint density at radius 1 is 0.697 bits per heavy atom. The van der Waals surface area contributed by atoms with E-state index in [1.807, 2.05) is 13.8 Å². The van der Waals surface area contributed by atoms with Crippen LogP contribution in [0.1, 0.15) is 41.5 Å². The summed E-state index contributed by atoms with van der Waals surface area (Å²) in [6.07, 6.45) is 0.778. The molecule has 0 fully saturated rings. The molecule has 3 aromatic rings. The summed E-state index contributed by atoms with van der Waals surface area (Å²) >= 11 is 4.53. The van der Waals surface area contributed by atoms with Gasteiger partial charge in [-0.2, -0.15) is 0 Å². The van der Waals surface area contributed by atoms with Gasteiger partial charge < -0.3 is 0 Å². The number of aliphatic carboxylic acids is 1. The van der Waals surface area contributed by atoms with Gasteiger partial charge in [0.2, 0.25) is 0 Å². The Bertz CT molecular complexity index is 1010. The fraction of sp³-hybridized carbons (Fsp3) is 0.345. The summed E-state index contributed by atoms with van der Waals surface area (Å²) in [5.41, 5.74) is -1.78. The van der Waals surface area contributed by atoms with E-state index in [9.17, 15) is 9.90 Å². The molecule has 0 spiro atoms. The molecular formula is C29H36BrO2P. The average molecular weight is 527 g/mol. The summed E-state index contributed by atoms with van der Waals surface area (Å²) in [6, 6.07) is 32.1. The topological polar surface area (TPSA) is 37.3 Å². The van der Waals surface area contributed by atoms with Gasteiger partial charge in [-0.1, -0.05) is 0 Å². The number of halogens is 1. The van der Waals surface area contributed by atoms with Crippen molar-refractivity contribution in [3.63, 3.8) is 0 Å². The van der Waals surface area contributed by atoms with Crippen LogP contribution in [0.4, 0.5) is 0 Å². The van der Waals surface area contributed by atoms with Crippen LogP contribution in [0.25, 0.3) is 0 Å². The average Bonchev–Trinajstić information content (AvgIpc) is 2.80. The van der Waals surface area contributed by atoms with E-state index in [4.69, 9.17) is 0 Å². The first-order valence-corrected chi connectivity index (χ1v) is 15.9. The van der Waals surface area contributed by atoms with Crippen LogP contribution in [0.15, 0.2) is 91.0 Å². The van der Waals surface area contributed by atoms with E-state index in [0.29, 0.717) is 0 Å². The van der Waals surface area contributed by atoms with E-state index in [2.05, 4.69) is 134 Å². The van der Waals surface area contributed by atoms with Gasteiger partial charge in [0.05, 0.1) is 0 Å². The molecule has 1 N–H and O–H groups in total. The Morgan fingerprint density at radius 2 is 1.00 bits per heavy atom. The molecule has 0 saturated heterocycles. The summed E-state index contributed by atoms with van der Waals surface area (Å²) in [6.45, 7) is 12.4. The second-order valence-electron chi connectivity index (χ2n) is 10.8. The molecule has 2 nitrogen and oxygen atoms in total. The van der Waals surface area contributed by atoms with E-state index >= 15 is 0 Å². The molecule has 0 atom stereocenters. The maximum absolute atomic E-state index is 12.4. The number of carboxylic acids is 1. The fourth-order valence-corrected chi connectivity index (χ4v) is 14.7. The van der Waals surface area contributed by atoms with Crippen LogP contribution >= 0.6 is 20.8 Å². The van der Waals surface area contributed by atoms with Crippen molar-refractivity contribution in [3.05, 3.63) is 91.0 Å². The first-order valence-electron chi connectivity index (χ1n) is 11.4. The van der Waals surface area contributed by atoms with E-state index < -0.39 is 22.1 Å². The second-order valence-corrected chi connectivity index (χ2v) is 19.7. The monoisotopic (exact) mass is 526 g/mol. The molecule has 4 heteroatoms. The zero-order valence-corrected chi connectivity index (χ0v) is 23.0. The van der Waals surface area contributed by atoms with Gasteiger partial charge in [-0.05, 0) is 0 Å². The number of hydrogen-bond acceptors (Lipinski definition) is 1. The summed E-state index contributed by atoms with van der Waals surface area (Å²) in [7, 11) is 0. The molecule has 33 heavy (non-hydrogen) atoms. The standard InChI is InChI=1S/C29H36BrO2P/c1-27(2,29(5,6)28(3,4)26(31)32)22-33(30,23-16-10-7-11-17-23,24-18-12-8-13-19-24)25-20-14-9-15-21-25/h7-21H,22H2,1-6H3,(H,31,32). The van der Waals surface area contributed by atoms with Crippen molar-refractivity contribution in [2.75, 3.05) is 6.16 Å². The Hall–Kier alpha value is -1.96. The van der Waals surface area contributed by atoms with Crippen LogP contribution in [0, 0.1) is 16.2 Å². The number of benzene rings is 3. The van der Waals surface area contributed by atoms with Crippen molar-refractivity contribution in [1.82, 2.24) is 0 Å². The van der Waals surface area contributed by atoms with E-state index in [0.717, 1.165) is 6.16 Å². The van der Waals surface area contributed by atoms with Crippen molar-refractivity contribution < 1.29 is 9.90 Å². The van der Waals surface area contributed by atoms with E-state index in [1.165, 1.54) is 15.9 Å². The van der Waals surface area contributed by atoms with Gasteiger partial charge in [0.1, 0.15) is 0 Å². The molecule has 0 bridgehead atoms. The van der Waals surface area contributed by atoms with Crippen molar-refractivity contribution in [2.24, 2.45) is 16.2 Å². The summed E-state index contributed by atoms with van der Waals surface area (Å²) in [4.78, 5) is 12.4. The van der Waals surface area contributed by atoms with Crippen molar-refractivity contribution in [3.8, 4) is 0 Å². The predicted octanol–water partition coefficient (Wildman–Crippen LogP) is 6.99. The summed E-state index contributed by atoms with van der Waals surface area (Å²) in [5.74, 6) is -0.769. The zero-order valence-electron chi connectivity index (χ0n) is 20.5. The third kappa shape index (κ3) is 3.98. The van der Waals surface area contributed by atoms with Crippen LogP contribution in [0.2, 0.25) is 0 Å². The first kappa shape index (κ1) is 25.7.